The topological polar surface area (TPSA) is 109 Å². The van der Waals surface area contributed by atoms with E-state index in [1.165, 1.54) is 0 Å². The average Bonchev–Trinajstić information content (AvgIpc) is 2.61. The Morgan fingerprint density at radius 3 is 2.72 bits per heavy atom. The summed E-state index contributed by atoms with van der Waals surface area (Å²) in [5, 5.41) is 13.2. The maximum atomic E-state index is 12.7. The number of nitrogens with zero attached hydrogens (tertiary/aromatic N) is 2. The minimum Gasteiger partial charge on any atom is -0.465 e. The summed E-state index contributed by atoms with van der Waals surface area (Å²) in [6.45, 7) is 1.37. The molecule has 1 aromatic heterocycles. The Kier molecular flexibility index (Phi) is 5.02. The number of nitrogens with one attached hydrogen (secondary N) is 1. The van der Waals surface area contributed by atoms with E-state index in [0.717, 1.165) is 35.6 Å². The van der Waals surface area contributed by atoms with Crippen molar-refractivity contribution >= 4 is 28.6 Å². The Morgan fingerprint density at radius 2 is 2.00 bits per heavy atom. The molecule has 1 saturated heterocycles. The van der Waals surface area contributed by atoms with Gasteiger partial charge in [-0.2, -0.15) is 0 Å². The number of benzene rings is 1. The predicted octanol–water partition coefficient (Wildman–Crippen LogP) is 2.01. The van der Waals surface area contributed by atoms with Crippen LogP contribution in [0.1, 0.15) is 24.8 Å². The van der Waals surface area contributed by atoms with Crippen molar-refractivity contribution in [3.8, 4) is 0 Å². The lowest BCUT2D eigenvalue weighted by Gasteiger charge is -2.30. The van der Waals surface area contributed by atoms with Gasteiger partial charge in [-0.05, 0) is 42.3 Å². The first kappa shape index (κ1) is 17.0. The Morgan fingerprint density at radius 1 is 1.24 bits per heavy atom. The molecule has 0 spiro atoms. The lowest BCUT2D eigenvalue weighted by atomic mass is 10.0. The summed E-state index contributed by atoms with van der Waals surface area (Å²) in [7, 11) is 0. The van der Waals surface area contributed by atoms with Gasteiger partial charge in [-0.15, -0.1) is 0 Å². The SMILES string of the molecule is Nc1nccc2ccc(CC(NC(=O)O)C(=O)N3CCCCC3)cc12. The van der Waals surface area contributed by atoms with Crippen molar-refractivity contribution in [1.82, 2.24) is 15.2 Å². The van der Waals surface area contributed by atoms with Crippen LogP contribution in [0.25, 0.3) is 10.8 Å². The van der Waals surface area contributed by atoms with Gasteiger partial charge in [0.15, 0.2) is 0 Å². The van der Waals surface area contributed by atoms with Gasteiger partial charge in [0, 0.05) is 31.1 Å². The van der Waals surface area contributed by atoms with E-state index in [-0.39, 0.29) is 12.3 Å². The minimum absolute atomic E-state index is 0.165. The quantitative estimate of drug-likeness (QED) is 0.787. The smallest absolute Gasteiger partial charge is 0.405 e. The Labute approximate surface area is 145 Å². The van der Waals surface area contributed by atoms with Crippen molar-refractivity contribution in [3.05, 3.63) is 36.0 Å². The fourth-order valence-corrected chi connectivity index (χ4v) is 3.28. The standard InChI is InChI=1S/C18H22N4O3/c19-16-14-10-12(4-5-13(14)6-7-20-16)11-15(21-18(24)25)17(23)22-8-2-1-3-9-22/h4-7,10,15,21H,1-3,8-9,11H2,(H2,19,20)(H,24,25). The summed E-state index contributed by atoms with van der Waals surface area (Å²) in [5.41, 5.74) is 6.76. The molecule has 1 aliphatic heterocycles. The van der Waals surface area contributed by atoms with Crippen LogP contribution in [0.3, 0.4) is 0 Å². The van der Waals surface area contributed by atoms with Crippen LogP contribution in [-0.2, 0) is 11.2 Å². The highest BCUT2D eigenvalue weighted by Crippen LogP contribution is 2.21. The highest BCUT2D eigenvalue weighted by atomic mass is 16.4. The second-order valence-corrected chi connectivity index (χ2v) is 6.34. The van der Waals surface area contributed by atoms with Crippen LogP contribution in [0, 0.1) is 0 Å². The van der Waals surface area contributed by atoms with Crippen LogP contribution in [-0.4, -0.2) is 46.1 Å². The van der Waals surface area contributed by atoms with Crippen LogP contribution in [0.4, 0.5) is 10.6 Å². The van der Waals surface area contributed by atoms with Crippen molar-refractivity contribution in [2.75, 3.05) is 18.8 Å². The monoisotopic (exact) mass is 342 g/mol. The second-order valence-electron chi connectivity index (χ2n) is 6.34. The van der Waals surface area contributed by atoms with Gasteiger partial charge in [-0.25, -0.2) is 9.78 Å². The number of nitrogen functional groups attached to an aromatic ring is 1. The molecule has 1 fully saturated rings. The number of carboxylic acid groups (broad SMARTS) is 1. The van der Waals surface area contributed by atoms with Crippen molar-refractivity contribution in [1.29, 1.82) is 0 Å². The van der Waals surface area contributed by atoms with Gasteiger partial charge in [0.25, 0.3) is 0 Å². The number of piperidine rings is 1. The zero-order valence-electron chi connectivity index (χ0n) is 13.9. The minimum atomic E-state index is -1.20. The summed E-state index contributed by atoms with van der Waals surface area (Å²) in [5.74, 6) is 0.255. The van der Waals surface area contributed by atoms with Crippen LogP contribution < -0.4 is 11.1 Å². The van der Waals surface area contributed by atoms with Crippen molar-refractivity contribution < 1.29 is 14.7 Å². The third-order valence-corrected chi connectivity index (χ3v) is 4.56. The van der Waals surface area contributed by atoms with Crippen molar-refractivity contribution in [3.63, 3.8) is 0 Å². The number of anilines is 1. The van der Waals surface area contributed by atoms with E-state index in [2.05, 4.69) is 10.3 Å². The normalized spacial score (nSPS) is 15.8. The number of rotatable bonds is 4. The van der Waals surface area contributed by atoms with E-state index in [4.69, 9.17) is 10.8 Å². The van der Waals surface area contributed by atoms with Gasteiger partial charge in [0.05, 0.1) is 0 Å². The molecule has 25 heavy (non-hydrogen) atoms. The van der Waals surface area contributed by atoms with Gasteiger partial charge in [0.2, 0.25) is 5.91 Å². The van der Waals surface area contributed by atoms with Crippen molar-refractivity contribution in [2.24, 2.45) is 0 Å². The molecule has 0 bridgehead atoms. The Balaban J connectivity index is 1.83. The number of carbonyl (C=O) groups is 2. The van der Waals surface area contributed by atoms with E-state index in [1.807, 2.05) is 24.3 Å². The van der Waals surface area contributed by atoms with E-state index >= 15 is 0 Å². The third kappa shape index (κ3) is 3.99. The molecule has 1 aliphatic rings. The van der Waals surface area contributed by atoms with Crippen molar-refractivity contribution in [2.45, 2.75) is 31.7 Å². The lowest BCUT2D eigenvalue weighted by Crippen LogP contribution is -2.50. The summed E-state index contributed by atoms with van der Waals surface area (Å²) in [6, 6.07) is 6.73. The molecule has 1 aromatic carbocycles. The van der Waals surface area contributed by atoms with Gasteiger partial charge in [-0.1, -0.05) is 12.1 Å². The average molecular weight is 342 g/mol. The Hall–Kier alpha value is -2.83. The van der Waals surface area contributed by atoms with Crippen LogP contribution >= 0.6 is 0 Å². The molecular formula is C18H22N4O3. The first-order chi connectivity index (χ1) is 12.0. The largest absolute Gasteiger partial charge is 0.465 e. The molecule has 132 valence electrons. The van der Waals surface area contributed by atoms with E-state index in [1.54, 1.807) is 11.1 Å². The maximum Gasteiger partial charge on any atom is 0.405 e. The zero-order chi connectivity index (χ0) is 17.8. The maximum absolute atomic E-state index is 12.7. The second kappa shape index (κ2) is 7.38. The molecule has 1 unspecified atom stereocenters. The molecule has 0 radical (unpaired) electrons. The first-order valence-corrected chi connectivity index (χ1v) is 8.46. The van der Waals surface area contributed by atoms with Gasteiger partial charge in [-0.3, -0.25) is 4.79 Å². The molecular weight excluding hydrogens is 320 g/mol. The number of amides is 2. The number of fused-ring (bicyclic) bond motifs is 1. The zero-order valence-corrected chi connectivity index (χ0v) is 13.9. The summed E-state index contributed by atoms with van der Waals surface area (Å²) in [4.78, 5) is 29.7. The fourth-order valence-electron chi connectivity index (χ4n) is 3.28. The molecule has 4 N–H and O–H groups in total. The predicted molar refractivity (Wildman–Crippen MR) is 95.2 cm³/mol. The third-order valence-electron chi connectivity index (χ3n) is 4.56. The number of carbonyl (C=O) groups excluding carboxylic acids is 1. The summed E-state index contributed by atoms with van der Waals surface area (Å²) in [6.07, 6.45) is 3.76. The molecule has 7 heteroatoms. The molecule has 2 aromatic rings. The number of likely N-dealkylation sites (tertiary alicyclic amines) is 1. The van der Waals surface area contributed by atoms with Crippen LogP contribution in [0.5, 0.6) is 0 Å². The van der Waals surface area contributed by atoms with E-state index in [9.17, 15) is 9.59 Å². The molecule has 0 aliphatic carbocycles. The Bertz CT molecular complexity index is 787. The van der Waals surface area contributed by atoms with Crippen LogP contribution in [0.15, 0.2) is 30.5 Å². The van der Waals surface area contributed by atoms with Gasteiger partial charge in [0.1, 0.15) is 11.9 Å². The van der Waals surface area contributed by atoms with Crippen LogP contribution in [0.2, 0.25) is 0 Å². The number of hydrogen-bond donors (Lipinski definition) is 3. The molecule has 1 atom stereocenters. The first-order valence-electron chi connectivity index (χ1n) is 8.46. The fraction of sp³-hybridized carbons (Fsp3) is 0.389. The number of pyridine rings is 1. The number of aromatic nitrogens is 1. The molecule has 0 saturated carbocycles. The highest BCUT2D eigenvalue weighted by Gasteiger charge is 2.27. The van der Waals surface area contributed by atoms with E-state index in [0.29, 0.717) is 18.9 Å². The van der Waals surface area contributed by atoms with E-state index < -0.39 is 12.1 Å². The van der Waals surface area contributed by atoms with Gasteiger partial charge < -0.3 is 21.1 Å². The molecule has 2 heterocycles. The lowest BCUT2D eigenvalue weighted by molar-refractivity contribution is -0.134. The number of hydrogen-bond acceptors (Lipinski definition) is 4. The molecule has 2 amide bonds. The highest BCUT2D eigenvalue weighted by molar-refractivity contribution is 5.91. The summed E-state index contributed by atoms with van der Waals surface area (Å²) >= 11 is 0. The molecule has 3 rings (SSSR count). The summed E-state index contributed by atoms with van der Waals surface area (Å²) < 4.78 is 0. The van der Waals surface area contributed by atoms with Gasteiger partial charge >= 0.3 is 6.09 Å². The number of nitrogens with two attached hydrogens (primary N) is 1. The molecule has 7 nitrogen and oxygen atoms in total.